The van der Waals surface area contributed by atoms with Crippen molar-refractivity contribution >= 4 is 23.0 Å². The van der Waals surface area contributed by atoms with Gasteiger partial charge in [-0.1, -0.05) is 0 Å². The third-order valence-electron chi connectivity index (χ3n) is 7.77. The highest BCUT2D eigenvalue weighted by Gasteiger charge is 2.51. The number of anilines is 1. The van der Waals surface area contributed by atoms with Crippen molar-refractivity contribution in [1.29, 1.82) is 5.26 Å². The van der Waals surface area contributed by atoms with Crippen LogP contribution in [-0.2, 0) is 4.79 Å². The summed E-state index contributed by atoms with van der Waals surface area (Å²) in [6.07, 6.45) is 4.42. The normalized spacial score (nSPS) is 20.6. The first kappa shape index (κ1) is 28.4. The Labute approximate surface area is 236 Å². The van der Waals surface area contributed by atoms with Crippen LogP contribution < -0.4 is 16.0 Å². The minimum absolute atomic E-state index is 0.0316. The van der Waals surface area contributed by atoms with Gasteiger partial charge in [0.15, 0.2) is 5.67 Å². The SMILES string of the molecule is CC(C)(O)[C@H](F)CNC(=O)c1cnc(-c2ccc3cc(C#N)cnn23)cc1NC1CCC(NC(=O)C2(F)CC2)CC1. The number of nitrogens with zero attached hydrogens (tertiary/aromatic N) is 4. The molecule has 216 valence electrons. The highest BCUT2D eigenvalue weighted by molar-refractivity contribution is 6.00. The fraction of sp³-hybridized carbons (Fsp3) is 0.483. The number of fused-ring (bicyclic) bond motifs is 1. The van der Waals surface area contributed by atoms with Crippen molar-refractivity contribution < 1.29 is 23.5 Å². The largest absolute Gasteiger partial charge is 0.387 e. The van der Waals surface area contributed by atoms with Crippen LogP contribution in [0.4, 0.5) is 14.5 Å². The number of alkyl halides is 2. The highest BCUT2D eigenvalue weighted by Crippen LogP contribution is 2.40. The van der Waals surface area contributed by atoms with Crippen LogP contribution in [0.15, 0.2) is 36.7 Å². The van der Waals surface area contributed by atoms with E-state index in [1.165, 1.54) is 26.2 Å². The molecule has 0 bridgehead atoms. The zero-order valence-electron chi connectivity index (χ0n) is 23.0. The molecule has 2 aliphatic carbocycles. The van der Waals surface area contributed by atoms with Crippen LogP contribution in [0, 0.1) is 11.3 Å². The number of hydrogen-bond acceptors (Lipinski definition) is 7. The number of aromatic nitrogens is 3. The van der Waals surface area contributed by atoms with Crippen LogP contribution in [0.2, 0.25) is 0 Å². The predicted molar refractivity (Wildman–Crippen MR) is 148 cm³/mol. The quantitative estimate of drug-likeness (QED) is 0.311. The lowest BCUT2D eigenvalue weighted by Crippen LogP contribution is -2.44. The summed E-state index contributed by atoms with van der Waals surface area (Å²) in [6, 6.07) is 9.00. The molecular weight excluding hydrogens is 532 g/mol. The molecule has 0 spiro atoms. The summed E-state index contributed by atoms with van der Waals surface area (Å²) < 4.78 is 30.1. The second kappa shape index (κ2) is 11.0. The first-order valence-electron chi connectivity index (χ1n) is 13.8. The van der Waals surface area contributed by atoms with E-state index in [1.807, 2.05) is 12.1 Å². The van der Waals surface area contributed by atoms with Gasteiger partial charge in [-0.3, -0.25) is 14.6 Å². The molecule has 5 rings (SSSR count). The average Bonchev–Trinajstić information content (AvgIpc) is 3.57. The van der Waals surface area contributed by atoms with Gasteiger partial charge in [0, 0.05) is 18.3 Å². The molecule has 2 saturated carbocycles. The van der Waals surface area contributed by atoms with E-state index in [1.54, 1.807) is 16.6 Å². The van der Waals surface area contributed by atoms with Gasteiger partial charge in [-0.2, -0.15) is 10.4 Å². The molecule has 1 atom stereocenters. The summed E-state index contributed by atoms with van der Waals surface area (Å²) in [5.41, 5.74) is -0.310. The van der Waals surface area contributed by atoms with Crippen molar-refractivity contribution in [1.82, 2.24) is 25.2 Å². The van der Waals surface area contributed by atoms with Crippen LogP contribution in [0.25, 0.3) is 16.9 Å². The zero-order valence-corrected chi connectivity index (χ0v) is 23.0. The Kier molecular flexibility index (Phi) is 7.66. The van der Waals surface area contributed by atoms with Crippen molar-refractivity contribution in [2.45, 2.75) is 81.9 Å². The van der Waals surface area contributed by atoms with E-state index in [0.717, 1.165) is 0 Å². The number of nitriles is 1. The number of rotatable bonds is 9. The standard InChI is InChI=1S/C29H33F2N7O3/c1-28(2,41)25(30)16-34-26(39)21-15-33-23(24-8-7-20-11-17(13-32)14-35-38(20)24)12-22(21)36-18-3-5-19(6-4-18)37-27(40)29(31)9-10-29/h7-8,11-12,14-15,18-19,25,41H,3-6,9-10,16H2,1-2H3,(H,33,36)(H,34,39)(H,37,40)/t18?,19?,25-/m1/s1. The lowest BCUT2D eigenvalue weighted by atomic mass is 9.90. The number of carbonyl (C=O) groups is 2. The van der Waals surface area contributed by atoms with Gasteiger partial charge in [0.2, 0.25) is 0 Å². The Morgan fingerprint density at radius 1 is 1.20 bits per heavy atom. The number of nitrogens with one attached hydrogen (secondary N) is 3. The molecule has 0 saturated heterocycles. The summed E-state index contributed by atoms with van der Waals surface area (Å²) in [7, 11) is 0. The van der Waals surface area contributed by atoms with E-state index >= 15 is 0 Å². The Balaban J connectivity index is 1.36. The van der Waals surface area contributed by atoms with E-state index < -0.39 is 29.3 Å². The van der Waals surface area contributed by atoms with Crippen molar-refractivity contribution in [3.63, 3.8) is 0 Å². The van der Waals surface area contributed by atoms with Crippen LogP contribution in [0.3, 0.4) is 0 Å². The number of halogens is 2. The molecule has 0 aliphatic heterocycles. The first-order chi connectivity index (χ1) is 19.5. The van der Waals surface area contributed by atoms with Gasteiger partial charge in [-0.25, -0.2) is 13.3 Å². The summed E-state index contributed by atoms with van der Waals surface area (Å²) in [6.45, 7) is 2.29. The molecule has 10 nitrogen and oxygen atoms in total. The molecular formula is C29H33F2N7O3. The van der Waals surface area contributed by atoms with Crippen molar-refractivity contribution in [3.8, 4) is 17.5 Å². The number of aliphatic hydroxyl groups is 1. The number of amides is 2. The van der Waals surface area contributed by atoms with Crippen LogP contribution in [0.1, 0.15) is 68.3 Å². The molecule has 3 aromatic heterocycles. The van der Waals surface area contributed by atoms with E-state index in [9.17, 15) is 28.7 Å². The maximum atomic E-state index is 14.3. The van der Waals surface area contributed by atoms with E-state index in [4.69, 9.17) is 0 Å². The fourth-order valence-electron chi connectivity index (χ4n) is 4.93. The second-order valence-electron chi connectivity index (χ2n) is 11.5. The van der Waals surface area contributed by atoms with E-state index in [-0.39, 0.29) is 37.0 Å². The highest BCUT2D eigenvalue weighted by atomic mass is 19.1. The molecule has 0 aromatic carbocycles. The molecule has 2 fully saturated rings. The van der Waals surface area contributed by atoms with Gasteiger partial charge in [-0.05, 0) is 76.6 Å². The summed E-state index contributed by atoms with van der Waals surface area (Å²) in [5, 5.41) is 32.2. The lowest BCUT2D eigenvalue weighted by molar-refractivity contribution is -0.128. The molecule has 41 heavy (non-hydrogen) atoms. The maximum absolute atomic E-state index is 14.3. The molecule has 12 heteroatoms. The number of pyridine rings is 1. The van der Waals surface area contributed by atoms with Crippen LogP contribution in [-0.4, -0.2) is 67.6 Å². The minimum atomic E-state index is -1.71. The summed E-state index contributed by atoms with van der Waals surface area (Å²) >= 11 is 0. The van der Waals surface area contributed by atoms with Gasteiger partial charge in [0.05, 0.1) is 52.1 Å². The van der Waals surface area contributed by atoms with Crippen LogP contribution >= 0.6 is 0 Å². The van der Waals surface area contributed by atoms with E-state index in [0.29, 0.717) is 53.8 Å². The number of carbonyl (C=O) groups excluding carboxylic acids is 2. The average molecular weight is 566 g/mol. The van der Waals surface area contributed by atoms with Gasteiger partial charge in [0.1, 0.15) is 12.2 Å². The molecule has 2 amide bonds. The third-order valence-corrected chi connectivity index (χ3v) is 7.77. The summed E-state index contributed by atoms with van der Waals surface area (Å²) in [4.78, 5) is 29.7. The fourth-order valence-corrected chi connectivity index (χ4v) is 4.93. The summed E-state index contributed by atoms with van der Waals surface area (Å²) in [5.74, 6) is -1.08. The molecule has 4 N–H and O–H groups in total. The Hall–Kier alpha value is -4.11. The minimum Gasteiger partial charge on any atom is -0.387 e. The molecule has 2 aliphatic rings. The molecule has 0 unspecified atom stereocenters. The van der Waals surface area contributed by atoms with Gasteiger partial charge in [-0.15, -0.1) is 0 Å². The maximum Gasteiger partial charge on any atom is 0.257 e. The van der Waals surface area contributed by atoms with Gasteiger partial charge in [0.25, 0.3) is 11.8 Å². The molecule has 3 aromatic rings. The van der Waals surface area contributed by atoms with Gasteiger partial charge < -0.3 is 21.1 Å². The van der Waals surface area contributed by atoms with Crippen LogP contribution in [0.5, 0.6) is 0 Å². The third kappa shape index (κ3) is 6.30. The van der Waals surface area contributed by atoms with Gasteiger partial charge >= 0.3 is 0 Å². The lowest BCUT2D eigenvalue weighted by Gasteiger charge is -2.31. The topological polar surface area (TPSA) is 144 Å². The zero-order chi connectivity index (χ0) is 29.4. The molecule has 3 heterocycles. The Morgan fingerprint density at radius 3 is 2.56 bits per heavy atom. The molecule has 0 radical (unpaired) electrons. The Morgan fingerprint density at radius 2 is 1.90 bits per heavy atom. The smallest absolute Gasteiger partial charge is 0.257 e. The number of hydrogen-bond donors (Lipinski definition) is 4. The Bertz CT molecular complexity index is 1500. The van der Waals surface area contributed by atoms with Crippen molar-refractivity contribution in [2.75, 3.05) is 11.9 Å². The van der Waals surface area contributed by atoms with E-state index in [2.05, 4.69) is 32.1 Å². The second-order valence-corrected chi connectivity index (χ2v) is 11.5. The van der Waals surface area contributed by atoms with Crippen molar-refractivity contribution in [2.24, 2.45) is 0 Å². The monoisotopic (exact) mass is 565 g/mol. The van der Waals surface area contributed by atoms with Crippen molar-refractivity contribution in [3.05, 3.63) is 47.8 Å². The predicted octanol–water partition coefficient (Wildman–Crippen LogP) is 3.45. The first-order valence-corrected chi connectivity index (χ1v) is 13.8.